The zero-order valence-corrected chi connectivity index (χ0v) is 13.4. The molecule has 1 fully saturated rings. The van der Waals surface area contributed by atoms with E-state index in [1.54, 1.807) is 17.1 Å². The summed E-state index contributed by atoms with van der Waals surface area (Å²) in [6.07, 6.45) is 3.43. The van der Waals surface area contributed by atoms with Crippen molar-refractivity contribution >= 4 is 21.8 Å². The Labute approximate surface area is 132 Å². The highest BCUT2D eigenvalue weighted by Gasteiger charge is 2.24. The van der Waals surface area contributed by atoms with Gasteiger partial charge in [-0.3, -0.25) is 4.79 Å². The molecule has 2 heterocycles. The van der Waals surface area contributed by atoms with Crippen LogP contribution in [0.15, 0.2) is 41.1 Å². The lowest BCUT2D eigenvalue weighted by Gasteiger charge is -2.33. The molecule has 5 nitrogen and oxygen atoms in total. The van der Waals surface area contributed by atoms with Crippen LogP contribution in [0.2, 0.25) is 0 Å². The van der Waals surface area contributed by atoms with E-state index in [2.05, 4.69) is 33.3 Å². The molecule has 2 aromatic rings. The summed E-state index contributed by atoms with van der Waals surface area (Å²) in [5, 5.41) is 7.59. The van der Waals surface area contributed by atoms with Gasteiger partial charge in [0.15, 0.2) is 0 Å². The predicted molar refractivity (Wildman–Crippen MR) is 84.6 cm³/mol. The smallest absolute Gasteiger partial charge is 0.257 e. The number of halogens is 1. The summed E-state index contributed by atoms with van der Waals surface area (Å²) >= 11 is 3.44. The van der Waals surface area contributed by atoms with Gasteiger partial charge in [0.2, 0.25) is 0 Å². The fourth-order valence-electron chi connectivity index (χ4n) is 2.50. The number of nitrogens with one attached hydrogen (secondary N) is 1. The van der Waals surface area contributed by atoms with Crippen LogP contribution in [0.1, 0.15) is 17.3 Å². The lowest BCUT2D eigenvalue weighted by Crippen LogP contribution is -2.52. The van der Waals surface area contributed by atoms with Gasteiger partial charge in [-0.1, -0.05) is 22.0 Å². The van der Waals surface area contributed by atoms with Gasteiger partial charge in [0.05, 0.1) is 17.4 Å². The third-order valence-electron chi connectivity index (χ3n) is 3.66. The molecule has 1 amide bonds. The van der Waals surface area contributed by atoms with Crippen molar-refractivity contribution in [3.63, 3.8) is 0 Å². The first-order chi connectivity index (χ1) is 10.1. The molecule has 1 N–H and O–H groups in total. The second kappa shape index (κ2) is 5.99. The largest absolute Gasteiger partial charge is 0.333 e. The summed E-state index contributed by atoms with van der Waals surface area (Å²) in [5.41, 5.74) is 1.56. The summed E-state index contributed by atoms with van der Waals surface area (Å²) in [6, 6.07) is 8.04. The van der Waals surface area contributed by atoms with E-state index in [4.69, 9.17) is 0 Å². The van der Waals surface area contributed by atoms with E-state index in [9.17, 15) is 4.79 Å². The average molecular weight is 349 g/mol. The van der Waals surface area contributed by atoms with E-state index >= 15 is 0 Å². The minimum absolute atomic E-state index is 0.0465. The number of benzene rings is 1. The third-order valence-corrected chi connectivity index (χ3v) is 4.16. The zero-order chi connectivity index (χ0) is 14.8. The van der Waals surface area contributed by atoms with Gasteiger partial charge < -0.3 is 10.2 Å². The predicted octanol–water partition coefficient (Wildman–Crippen LogP) is 2.07. The van der Waals surface area contributed by atoms with Crippen LogP contribution in [0.3, 0.4) is 0 Å². The molecule has 1 aliphatic heterocycles. The number of piperazine rings is 1. The molecule has 1 aromatic carbocycles. The first-order valence-electron chi connectivity index (χ1n) is 6.97. The number of aromatic nitrogens is 2. The van der Waals surface area contributed by atoms with Crippen molar-refractivity contribution in [2.75, 3.05) is 19.6 Å². The number of hydrogen-bond acceptors (Lipinski definition) is 3. The Morgan fingerprint density at radius 2 is 2.33 bits per heavy atom. The normalized spacial score (nSPS) is 18.8. The van der Waals surface area contributed by atoms with Crippen molar-refractivity contribution in [1.29, 1.82) is 0 Å². The maximum atomic E-state index is 12.6. The lowest BCUT2D eigenvalue weighted by atomic mass is 10.2. The van der Waals surface area contributed by atoms with E-state index in [0.717, 1.165) is 29.8 Å². The van der Waals surface area contributed by atoms with Crippen LogP contribution < -0.4 is 5.32 Å². The Morgan fingerprint density at radius 3 is 3.10 bits per heavy atom. The monoisotopic (exact) mass is 348 g/mol. The van der Waals surface area contributed by atoms with E-state index in [0.29, 0.717) is 5.56 Å². The summed E-state index contributed by atoms with van der Waals surface area (Å²) in [7, 11) is 0. The quantitative estimate of drug-likeness (QED) is 0.903. The van der Waals surface area contributed by atoms with E-state index < -0.39 is 0 Å². The molecule has 0 spiro atoms. The molecule has 1 saturated heterocycles. The number of hydrogen-bond donors (Lipinski definition) is 1. The molecule has 0 saturated carbocycles. The van der Waals surface area contributed by atoms with Gasteiger partial charge in [-0.05, 0) is 25.1 Å². The molecule has 0 radical (unpaired) electrons. The highest BCUT2D eigenvalue weighted by atomic mass is 79.9. The van der Waals surface area contributed by atoms with Gasteiger partial charge >= 0.3 is 0 Å². The highest BCUT2D eigenvalue weighted by molar-refractivity contribution is 9.10. The summed E-state index contributed by atoms with van der Waals surface area (Å²) in [4.78, 5) is 14.5. The number of carbonyl (C=O) groups is 1. The van der Waals surface area contributed by atoms with E-state index in [1.807, 2.05) is 29.2 Å². The van der Waals surface area contributed by atoms with Gasteiger partial charge in [-0.15, -0.1) is 0 Å². The number of nitrogens with zero attached hydrogens (tertiary/aromatic N) is 3. The molecule has 0 aliphatic carbocycles. The molecule has 1 aliphatic rings. The van der Waals surface area contributed by atoms with Crippen LogP contribution in [-0.2, 0) is 0 Å². The molecule has 1 aromatic heterocycles. The van der Waals surface area contributed by atoms with Crippen LogP contribution in [-0.4, -0.2) is 46.3 Å². The minimum atomic E-state index is 0.0465. The lowest BCUT2D eigenvalue weighted by molar-refractivity contribution is 0.0656. The van der Waals surface area contributed by atoms with Gasteiger partial charge in [-0.2, -0.15) is 5.10 Å². The topological polar surface area (TPSA) is 50.2 Å². The molecule has 1 atom stereocenters. The summed E-state index contributed by atoms with van der Waals surface area (Å²) < 4.78 is 2.71. The molecular formula is C15H17BrN4O. The second-order valence-corrected chi connectivity index (χ2v) is 6.12. The maximum Gasteiger partial charge on any atom is 0.257 e. The van der Waals surface area contributed by atoms with E-state index in [-0.39, 0.29) is 11.9 Å². The fourth-order valence-corrected chi connectivity index (χ4v) is 2.89. The second-order valence-electron chi connectivity index (χ2n) is 5.21. The number of rotatable bonds is 2. The first-order valence-corrected chi connectivity index (χ1v) is 7.77. The van der Waals surface area contributed by atoms with Crippen molar-refractivity contribution in [1.82, 2.24) is 20.0 Å². The van der Waals surface area contributed by atoms with Crippen LogP contribution in [0.4, 0.5) is 0 Å². The van der Waals surface area contributed by atoms with Crippen molar-refractivity contribution < 1.29 is 4.79 Å². The maximum absolute atomic E-state index is 12.6. The van der Waals surface area contributed by atoms with Gasteiger partial charge in [-0.25, -0.2) is 4.68 Å². The van der Waals surface area contributed by atoms with Crippen LogP contribution >= 0.6 is 15.9 Å². The van der Waals surface area contributed by atoms with Gasteiger partial charge in [0.1, 0.15) is 0 Å². The van der Waals surface area contributed by atoms with Crippen molar-refractivity contribution in [3.8, 4) is 5.69 Å². The van der Waals surface area contributed by atoms with E-state index in [1.165, 1.54) is 0 Å². The molecule has 6 heteroatoms. The van der Waals surface area contributed by atoms with Crippen molar-refractivity contribution in [3.05, 3.63) is 46.7 Å². The SMILES string of the molecule is C[C@H]1CNCCN1C(=O)c1cnn(-c2cccc(Br)c2)c1. The Kier molecular flexibility index (Phi) is 4.07. The standard InChI is InChI=1S/C15H17BrN4O/c1-11-8-17-5-6-19(11)15(21)12-9-18-20(10-12)14-4-2-3-13(16)7-14/h2-4,7,9-11,17H,5-6,8H2,1H3/t11-/m0/s1. The zero-order valence-electron chi connectivity index (χ0n) is 11.8. The third kappa shape index (κ3) is 3.01. The Morgan fingerprint density at radius 1 is 1.48 bits per heavy atom. The molecule has 0 bridgehead atoms. The Balaban J connectivity index is 1.83. The molecule has 0 unspecified atom stereocenters. The molecular weight excluding hydrogens is 332 g/mol. The fraction of sp³-hybridized carbons (Fsp3) is 0.333. The molecule has 21 heavy (non-hydrogen) atoms. The van der Waals surface area contributed by atoms with Gasteiger partial charge in [0.25, 0.3) is 5.91 Å². The average Bonchev–Trinajstić information content (AvgIpc) is 2.97. The van der Waals surface area contributed by atoms with Gasteiger partial charge in [0, 0.05) is 36.3 Å². The minimum Gasteiger partial charge on any atom is -0.333 e. The number of carbonyl (C=O) groups excluding carboxylic acids is 1. The summed E-state index contributed by atoms with van der Waals surface area (Å²) in [6.45, 7) is 4.48. The number of amides is 1. The highest BCUT2D eigenvalue weighted by Crippen LogP contribution is 2.16. The first kappa shape index (κ1) is 14.3. The Bertz CT molecular complexity index is 655. The molecule has 3 rings (SSSR count). The van der Waals surface area contributed by atoms with Crippen LogP contribution in [0.25, 0.3) is 5.69 Å². The van der Waals surface area contributed by atoms with Crippen LogP contribution in [0, 0.1) is 0 Å². The Hall–Kier alpha value is -1.66. The summed E-state index contributed by atoms with van der Waals surface area (Å²) in [5.74, 6) is 0.0465. The van der Waals surface area contributed by atoms with Crippen molar-refractivity contribution in [2.24, 2.45) is 0 Å². The van der Waals surface area contributed by atoms with Crippen LogP contribution in [0.5, 0.6) is 0 Å². The van der Waals surface area contributed by atoms with Crippen molar-refractivity contribution in [2.45, 2.75) is 13.0 Å². The molecule has 110 valence electrons.